The second-order valence-corrected chi connectivity index (χ2v) is 5.57. The zero-order chi connectivity index (χ0) is 14.5. The molecule has 2 rings (SSSR count). The number of hydrogen-bond acceptors (Lipinski definition) is 3. The molecule has 0 saturated heterocycles. The van der Waals surface area contributed by atoms with Gasteiger partial charge in [0.05, 0.1) is 7.11 Å². The SMILES string of the molecule is COc1ccc(O)c(CN[C@@H](C)c2cccc(Br)c2)c1. The summed E-state index contributed by atoms with van der Waals surface area (Å²) in [4.78, 5) is 0. The van der Waals surface area contributed by atoms with Crippen molar-refractivity contribution >= 4 is 15.9 Å². The molecule has 106 valence electrons. The van der Waals surface area contributed by atoms with E-state index in [1.165, 1.54) is 5.56 Å². The summed E-state index contributed by atoms with van der Waals surface area (Å²) >= 11 is 3.47. The number of rotatable bonds is 5. The van der Waals surface area contributed by atoms with Crippen molar-refractivity contribution in [2.75, 3.05) is 7.11 Å². The molecule has 0 bridgehead atoms. The first-order chi connectivity index (χ1) is 9.60. The van der Waals surface area contributed by atoms with Crippen LogP contribution in [0.5, 0.6) is 11.5 Å². The maximum atomic E-state index is 9.85. The van der Waals surface area contributed by atoms with Crippen LogP contribution in [0, 0.1) is 0 Å². The van der Waals surface area contributed by atoms with Gasteiger partial charge in [0.25, 0.3) is 0 Å². The van der Waals surface area contributed by atoms with E-state index in [-0.39, 0.29) is 11.8 Å². The van der Waals surface area contributed by atoms with Gasteiger partial charge in [0, 0.05) is 22.6 Å². The van der Waals surface area contributed by atoms with Crippen molar-refractivity contribution in [1.29, 1.82) is 0 Å². The number of halogens is 1. The number of nitrogens with one attached hydrogen (secondary N) is 1. The Morgan fingerprint density at radius 2 is 2.05 bits per heavy atom. The molecule has 0 aliphatic rings. The van der Waals surface area contributed by atoms with Crippen molar-refractivity contribution in [2.24, 2.45) is 0 Å². The molecular weight excluding hydrogens is 318 g/mol. The van der Waals surface area contributed by atoms with Gasteiger partial charge >= 0.3 is 0 Å². The van der Waals surface area contributed by atoms with E-state index in [0.29, 0.717) is 6.54 Å². The number of ether oxygens (including phenoxy) is 1. The lowest BCUT2D eigenvalue weighted by Gasteiger charge is -2.15. The molecule has 0 amide bonds. The minimum atomic E-state index is 0.193. The van der Waals surface area contributed by atoms with Gasteiger partial charge in [-0.15, -0.1) is 0 Å². The first kappa shape index (κ1) is 14.9. The van der Waals surface area contributed by atoms with E-state index in [1.54, 1.807) is 19.2 Å². The van der Waals surface area contributed by atoms with Crippen LogP contribution in [0.25, 0.3) is 0 Å². The first-order valence-electron chi connectivity index (χ1n) is 6.45. The van der Waals surface area contributed by atoms with Gasteiger partial charge in [0.2, 0.25) is 0 Å². The molecule has 3 nitrogen and oxygen atoms in total. The Morgan fingerprint density at radius 1 is 1.25 bits per heavy atom. The minimum absolute atomic E-state index is 0.193. The fourth-order valence-corrected chi connectivity index (χ4v) is 2.40. The quantitative estimate of drug-likeness (QED) is 0.867. The van der Waals surface area contributed by atoms with Crippen LogP contribution >= 0.6 is 15.9 Å². The Bertz CT molecular complexity index is 586. The average molecular weight is 336 g/mol. The van der Waals surface area contributed by atoms with Crippen LogP contribution in [0.4, 0.5) is 0 Å². The molecule has 2 N–H and O–H groups in total. The van der Waals surface area contributed by atoms with E-state index < -0.39 is 0 Å². The Morgan fingerprint density at radius 3 is 2.75 bits per heavy atom. The Kier molecular flexibility index (Phi) is 5.04. The summed E-state index contributed by atoms with van der Waals surface area (Å²) in [6, 6.07) is 13.6. The predicted molar refractivity (Wildman–Crippen MR) is 84.1 cm³/mol. The zero-order valence-electron chi connectivity index (χ0n) is 11.6. The lowest BCUT2D eigenvalue weighted by molar-refractivity contribution is 0.409. The Hall–Kier alpha value is -1.52. The number of phenolic OH excluding ortho intramolecular Hbond substituents is 1. The predicted octanol–water partition coefficient (Wildman–Crippen LogP) is 4.01. The van der Waals surface area contributed by atoms with E-state index in [1.807, 2.05) is 18.2 Å². The van der Waals surface area contributed by atoms with Crippen LogP contribution < -0.4 is 10.1 Å². The van der Waals surface area contributed by atoms with Crippen LogP contribution in [0.1, 0.15) is 24.1 Å². The van der Waals surface area contributed by atoms with E-state index in [0.717, 1.165) is 15.8 Å². The molecular formula is C16H18BrNO2. The van der Waals surface area contributed by atoms with Crippen molar-refractivity contribution < 1.29 is 9.84 Å². The van der Waals surface area contributed by atoms with Gasteiger partial charge in [-0.05, 0) is 42.8 Å². The summed E-state index contributed by atoms with van der Waals surface area (Å²) in [5.41, 5.74) is 2.02. The van der Waals surface area contributed by atoms with E-state index in [4.69, 9.17) is 4.74 Å². The number of phenols is 1. The molecule has 0 saturated carbocycles. The highest BCUT2D eigenvalue weighted by Gasteiger charge is 2.08. The Balaban J connectivity index is 2.05. The molecule has 0 fully saturated rings. The first-order valence-corrected chi connectivity index (χ1v) is 7.24. The summed E-state index contributed by atoms with van der Waals surface area (Å²) in [7, 11) is 1.62. The van der Waals surface area contributed by atoms with Crippen LogP contribution in [-0.4, -0.2) is 12.2 Å². The molecule has 0 aliphatic heterocycles. The number of hydrogen-bond donors (Lipinski definition) is 2. The molecule has 0 spiro atoms. The highest BCUT2D eigenvalue weighted by molar-refractivity contribution is 9.10. The highest BCUT2D eigenvalue weighted by Crippen LogP contribution is 2.24. The number of aromatic hydroxyl groups is 1. The summed E-state index contributed by atoms with van der Waals surface area (Å²) in [6.45, 7) is 2.68. The molecule has 0 heterocycles. The molecule has 0 aromatic heterocycles. The molecule has 20 heavy (non-hydrogen) atoms. The second kappa shape index (κ2) is 6.77. The molecule has 0 aliphatic carbocycles. The van der Waals surface area contributed by atoms with E-state index >= 15 is 0 Å². The molecule has 0 radical (unpaired) electrons. The zero-order valence-corrected chi connectivity index (χ0v) is 13.1. The third-order valence-electron chi connectivity index (χ3n) is 3.23. The fraction of sp³-hybridized carbons (Fsp3) is 0.250. The molecule has 4 heteroatoms. The van der Waals surface area contributed by atoms with Crippen LogP contribution in [0.15, 0.2) is 46.9 Å². The van der Waals surface area contributed by atoms with Gasteiger partial charge in [0.1, 0.15) is 11.5 Å². The van der Waals surface area contributed by atoms with Crippen molar-refractivity contribution in [3.8, 4) is 11.5 Å². The summed E-state index contributed by atoms with van der Waals surface area (Å²) in [5.74, 6) is 1.02. The largest absolute Gasteiger partial charge is 0.508 e. The maximum Gasteiger partial charge on any atom is 0.120 e. The van der Waals surface area contributed by atoms with Gasteiger partial charge in [0.15, 0.2) is 0 Å². The van der Waals surface area contributed by atoms with E-state index in [2.05, 4.69) is 40.3 Å². The minimum Gasteiger partial charge on any atom is -0.508 e. The van der Waals surface area contributed by atoms with Gasteiger partial charge in [-0.3, -0.25) is 0 Å². The van der Waals surface area contributed by atoms with E-state index in [9.17, 15) is 5.11 Å². The summed E-state index contributed by atoms with van der Waals surface area (Å²) in [5, 5.41) is 13.3. The third kappa shape index (κ3) is 3.74. The normalized spacial score (nSPS) is 12.2. The van der Waals surface area contributed by atoms with Gasteiger partial charge in [-0.1, -0.05) is 28.1 Å². The molecule has 0 unspecified atom stereocenters. The topological polar surface area (TPSA) is 41.5 Å². The van der Waals surface area contributed by atoms with Gasteiger partial charge in [-0.25, -0.2) is 0 Å². The second-order valence-electron chi connectivity index (χ2n) is 4.65. The number of methoxy groups -OCH3 is 1. The number of benzene rings is 2. The summed E-state index contributed by atoms with van der Waals surface area (Å²) < 4.78 is 6.23. The van der Waals surface area contributed by atoms with Crippen LogP contribution in [0.3, 0.4) is 0 Å². The lowest BCUT2D eigenvalue weighted by Crippen LogP contribution is -2.18. The van der Waals surface area contributed by atoms with Gasteiger partial charge in [-0.2, -0.15) is 0 Å². The molecule has 1 atom stereocenters. The summed E-state index contributed by atoms with van der Waals surface area (Å²) in [6.07, 6.45) is 0. The van der Waals surface area contributed by atoms with Crippen molar-refractivity contribution in [3.63, 3.8) is 0 Å². The monoisotopic (exact) mass is 335 g/mol. The maximum absolute atomic E-state index is 9.85. The highest BCUT2D eigenvalue weighted by atomic mass is 79.9. The molecule has 2 aromatic carbocycles. The van der Waals surface area contributed by atoms with Crippen LogP contribution in [0.2, 0.25) is 0 Å². The lowest BCUT2D eigenvalue weighted by atomic mass is 10.1. The van der Waals surface area contributed by atoms with Crippen molar-refractivity contribution in [3.05, 3.63) is 58.1 Å². The Labute approximate surface area is 127 Å². The fourth-order valence-electron chi connectivity index (χ4n) is 1.99. The average Bonchev–Trinajstić information content (AvgIpc) is 2.46. The standard InChI is InChI=1S/C16H18BrNO2/c1-11(12-4-3-5-14(17)8-12)18-10-13-9-15(20-2)6-7-16(13)19/h3-9,11,18-19H,10H2,1-2H3/t11-/m0/s1. The van der Waals surface area contributed by atoms with Crippen molar-refractivity contribution in [1.82, 2.24) is 5.32 Å². The third-order valence-corrected chi connectivity index (χ3v) is 3.73. The van der Waals surface area contributed by atoms with Crippen LogP contribution in [-0.2, 0) is 6.54 Å². The van der Waals surface area contributed by atoms with Gasteiger partial charge < -0.3 is 15.2 Å². The smallest absolute Gasteiger partial charge is 0.120 e. The molecule has 2 aromatic rings. The van der Waals surface area contributed by atoms with Crippen molar-refractivity contribution in [2.45, 2.75) is 19.5 Å².